The van der Waals surface area contributed by atoms with Crippen LogP contribution in [0.5, 0.6) is 0 Å². The summed E-state index contributed by atoms with van der Waals surface area (Å²) in [5.74, 6) is -0.486. The van der Waals surface area contributed by atoms with E-state index >= 15 is 0 Å². The summed E-state index contributed by atoms with van der Waals surface area (Å²) in [5, 5.41) is 2.81. The number of carbonyl (C=O) groups excluding carboxylic acids is 2. The Morgan fingerprint density at radius 2 is 1.70 bits per heavy atom. The first-order valence-corrected chi connectivity index (χ1v) is 7.61. The fourth-order valence-corrected chi connectivity index (χ4v) is 2.30. The molecule has 23 heavy (non-hydrogen) atoms. The molecule has 0 aliphatic rings. The number of hydrogen-bond acceptors (Lipinski definition) is 2. The fraction of sp³-hybridized carbons (Fsp3) is 0.263. The van der Waals surface area contributed by atoms with Crippen molar-refractivity contribution >= 4 is 17.5 Å². The summed E-state index contributed by atoms with van der Waals surface area (Å²) < 4.78 is 0. The minimum Gasteiger partial charge on any atom is -0.341 e. The van der Waals surface area contributed by atoms with Crippen LogP contribution in [0, 0.1) is 13.8 Å². The Hall–Kier alpha value is -2.62. The third kappa shape index (κ3) is 4.68. The molecule has 0 bridgehead atoms. The topological polar surface area (TPSA) is 49.4 Å². The number of hydrogen-bond donors (Lipinski definition) is 1. The van der Waals surface area contributed by atoms with Gasteiger partial charge in [-0.05, 0) is 36.6 Å². The zero-order chi connectivity index (χ0) is 16.8. The summed E-state index contributed by atoms with van der Waals surface area (Å²) in [6.07, 6.45) is -0.156. The summed E-state index contributed by atoms with van der Waals surface area (Å²) in [6, 6.07) is 15.4. The van der Waals surface area contributed by atoms with E-state index in [-0.39, 0.29) is 18.2 Å². The number of rotatable bonds is 5. The maximum absolute atomic E-state index is 12.2. The van der Waals surface area contributed by atoms with Gasteiger partial charge in [0, 0.05) is 19.3 Å². The quantitative estimate of drug-likeness (QED) is 0.862. The van der Waals surface area contributed by atoms with Crippen LogP contribution in [0.3, 0.4) is 0 Å². The minimum absolute atomic E-state index is 0.156. The Morgan fingerprint density at radius 1 is 1.00 bits per heavy atom. The molecule has 0 aliphatic heterocycles. The van der Waals surface area contributed by atoms with Crippen molar-refractivity contribution in [3.8, 4) is 0 Å². The van der Waals surface area contributed by atoms with Crippen LogP contribution in [0.25, 0.3) is 0 Å². The molecule has 0 aliphatic carbocycles. The van der Waals surface area contributed by atoms with Gasteiger partial charge in [0.05, 0.1) is 0 Å². The molecular formula is C19H22N2O2. The highest BCUT2D eigenvalue weighted by Crippen LogP contribution is 2.18. The van der Waals surface area contributed by atoms with E-state index in [4.69, 9.17) is 0 Å². The van der Waals surface area contributed by atoms with Crippen molar-refractivity contribution in [2.45, 2.75) is 26.8 Å². The fourth-order valence-electron chi connectivity index (χ4n) is 2.30. The van der Waals surface area contributed by atoms with Gasteiger partial charge in [0.2, 0.25) is 11.8 Å². The lowest BCUT2D eigenvalue weighted by Gasteiger charge is -2.17. The zero-order valence-corrected chi connectivity index (χ0v) is 13.8. The molecule has 4 heteroatoms. The smallest absolute Gasteiger partial charge is 0.233 e. The molecule has 2 aromatic rings. The molecule has 0 heterocycles. The highest BCUT2D eigenvalue weighted by atomic mass is 16.2. The van der Waals surface area contributed by atoms with Gasteiger partial charge in [0.25, 0.3) is 0 Å². The minimum atomic E-state index is -0.288. The Morgan fingerprint density at radius 3 is 2.39 bits per heavy atom. The lowest BCUT2D eigenvalue weighted by atomic mass is 10.1. The molecule has 0 spiro atoms. The van der Waals surface area contributed by atoms with Gasteiger partial charge in [-0.3, -0.25) is 9.59 Å². The summed E-state index contributed by atoms with van der Waals surface area (Å²) in [6.45, 7) is 4.44. The predicted molar refractivity (Wildman–Crippen MR) is 92.1 cm³/mol. The van der Waals surface area contributed by atoms with E-state index in [0.29, 0.717) is 6.54 Å². The first kappa shape index (κ1) is 16.7. The maximum atomic E-state index is 12.2. The van der Waals surface area contributed by atoms with E-state index in [1.807, 2.05) is 62.4 Å². The van der Waals surface area contributed by atoms with E-state index in [0.717, 1.165) is 22.4 Å². The summed E-state index contributed by atoms with van der Waals surface area (Å²) in [5.41, 5.74) is 3.92. The van der Waals surface area contributed by atoms with Crippen LogP contribution in [0.15, 0.2) is 48.5 Å². The van der Waals surface area contributed by atoms with Gasteiger partial charge in [-0.15, -0.1) is 0 Å². The second-order valence-electron chi connectivity index (χ2n) is 5.71. The Bertz CT molecular complexity index is 696. The van der Waals surface area contributed by atoms with E-state index in [9.17, 15) is 9.59 Å². The number of nitrogens with one attached hydrogen (secondary N) is 1. The molecule has 2 amide bonds. The van der Waals surface area contributed by atoms with Gasteiger partial charge in [-0.25, -0.2) is 0 Å². The van der Waals surface area contributed by atoms with Crippen LogP contribution in [0.2, 0.25) is 0 Å². The molecule has 0 saturated heterocycles. The maximum Gasteiger partial charge on any atom is 0.233 e. The predicted octanol–water partition coefficient (Wildman–Crippen LogP) is 3.29. The van der Waals surface area contributed by atoms with E-state index in [1.165, 1.54) is 0 Å². The Kier molecular flexibility index (Phi) is 5.52. The number of amides is 2. The van der Waals surface area contributed by atoms with Crippen LogP contribution in [0.4, 0.5) is 5.69 Å². The van der Waals surface area contributed by atoms with Crippen LogP contribution < -0.4 is 5.32 Å². The van der Waals surface area contributed by atoms with Gasteiger partial charge in [-0.1, -0.05) is 42.5 Å². The summed E-state index contributed by atoms with van der Waals surface area (Å²) >= 11 is 0. The molecule has 2 rings (SSSR count). The van der Waals surface area contributed by atoms with Crippen molar-refractivity contribution in [3.63, 3.8) is 0 Å². The first-order valence-electron chi connectivity index (χ1n) is 7.61. The van der Waals surface area contributed by atoms with Crippen LogP contribution in [0.1, 0.15) is 23.1 Å². The first-order chi connectivity index (χ1) is 11.0. The molecule has 0 atom stereocenters. The van der Waals surface area contributed by atoms with Crippen LogP contribution in [-0.2, 0) is 16.1 Å². The number of anilines is 1. The molecule has 0 fully saturated rings. The van der Waals surface area contributed by atoms with E-state index < -0.39 is 0 Å². The standard InChI is InChI=1S/C19H22N2O2/c1-14-8-7-11-17(15(14)2)20-18(22)12-19(23)21(3)13-16-9-5-4-6-10-16/h4-11H,12-13H2,1-3H3,(H,20,22). The second kappa shape index (κ2) is 7.58. The summed E-state index contributed by atoms with van der Waals surface area (Å²) in [4.78, 5) is 25.8. The van der Waals surface area contributed by atoms with Crippen molar-refractivity contribution in [2.75, 3.05) is 12.4 Å². The zero-order valence-electron chi connectivity index (χ0n) is 13.8. The lowest BCUT2D eigenvalue weighted by Crippen LogP contribution is -2.30. The van der Waals surface area contributed by atoms with Crippen molar-refractivity contribution < 1.29 is 9.59 Å². The third-order valence-electron chi connectivity index (χ3n) is 3.88. The van der Waals surface area contributed by atoms with Gasteiger partial charge < -0.3 is 10.2 Å². The normalized spacial score (nSPS) is 10.2. The SMILES string of the molecule is Cc1cccc(NC(=O)CC(=O)N(C)Cc2ccccc2)c1C. The van der Waals surface area contributed by atoms with Gasteiger partial charge in [0.1, 0.15) is 6.42 Å². The van der Waals surface area contributed by atoms with E-state index in [1.54, 1.807) is 11.9 Å². The Balaban J connectivity index is 1.91. The number of aryl methyl sites for hydroxylation is 1. The molecule has 120 valence electrons. The Labute approximate surface area is 137 Å². The average molecular weight is 310 g/mol. The molecule has 4 nitrogen and oxygen atoms in total. The monoisotopic (exact) mass is 310 g/mol. The lowest BCUT2D eigenvalue weighted by molar-refractivity contribution is -0.134. The number of nitrogens with zero attached hydrogens (tertiary/aromatic N) is 1. The second-order valence-corrected chi connectivity index (χ2v) is 5.71. The highest BCUT2D eigenvalue weighted by Gasteiger charge is 2.15. The van der Waals surface area contributed by atoms with E-state index in [2.05, 4.69) is 5.32 Å². The van der Waals surface area contributed by atoms with Crippen LogP contribution in [-0.4, -0.2) is 23.8 Å². The molecule has 0 saturated carbocycles. The molecule has 0 unspecified atom stereocenters. The summed E-state index contributed by atoms with van der Waals surface area (Å²) in [7, 11) is 1.71. The number of carbonyl (C=O) groups is 2. The molecule has 2 aromatic carbocycles. The molecular weight excluding hydrogens is 288 g/mol. The van der Waals surface area contributed by atoms with Gasteiger partial charge in [-0.2, -0.15) is 0 Å². The van der Waals surface area contributed by atoms with Crippen molar-refractivity contribution in [1.82, 2.24) is 4.90 Å². The largest absolute Gasteiger partial charge is 0.341 e. The van der Waals surface area contributed by atoms with Crippen molar-refractivity contribution in [3.05, 3.63) is 65.2 Å². The third-order valence-corrected chi connectivity index (χ3v) is 3.88. The van der Waals surface area contributed by atoms with Gasteiger partial charge >= 0.3 is 0 Å². The van der Waals surface area contributed by atoms with Crippen molar-refractivity contribution in [2.24, 2.45) is 0 Å². The average Bonchev–Trinajstić information content (AvgIpc) is 2.52. The highest BCUT2D eigenvalue weighted by molar-refractivity contribution is 6.03. The van der Waals surface area contributed by atoms with Gasteiger partial charge in [0.15, 0.2) is 0 Å². The molecule has 0 aromatic heterocycles. The molecule has 1 N–H and O–H groups in total. The van der Waals surface area contributed by atoms with Crippen LogP contribution >= 0.6 is 0 Å². The molecule has 0 radical (unpaired) electrons. The number of benzene rings is 2. The van der Waals surface area contributed by atoms with Crippen molar-refractivity contribution in [1.29, 1.82) is 0 Å².